The molecule has 0 radical (unpaired) electrons. The average molecular weight is 234 g/mol. The first kappa shape index (κ1) is 12.4. The number of aromatic hydroxyl groups is 1. The zero-order valence-corrected chi connectivity index (χ0v) is 10.9. The van der Waals surface area contributed by atoms with Gasteiger partial charge >= 0.3 is 0 Å². The third-order valence-corrected chi connectivity index (χ3v) is 3.69. The predicted molar refractivity (Wildman–Crippen MR) is 69.1 cm³/mol. The van der Waals surface area contributed by atoms with Gasteiger partial charge in [0.05, 0.1) is 5.69 Å². The fourth-order valence-electron chi connectivity index (χ4n) is 2.45. The van der Waals surface area contributed by atoms with Gasteiger partial charge in [-0.3, -0.25) is 9.88 Å². The standard InChI is InChI=1S/C14H22N2O/c1-11-13(9-15-12(2)14(11)17)10-16-7-5-3-4-6-8-16/h9,17H,3-8,10H2,1-2H3. The Labute approximate surface area is 103 Å². The third-order valence-electron chi connectivity index (χ3n) is 3.69. The van der Waals surface area contributed by atoms with Gasteiger partial charge in [-0.25, -0.2) is 0 Å². The fraction of sp³-hybridized carbons (Fsp3) is 0.643. The van der Waals surface area contributed by atoms with E-state index in [2.05, 4.69) is 9.88 Å². The summed E-state index contributed by atoms with van der Waals surface area (Å²) in [5.74, 6) is 0.359. The number of nitrogens with zero attached hydrogens (tertiary/aromatic N) is 2. The van der Waals surface area contributed by atoms with Crippen molar-refractivity contribution in [2.24, 2.45) is 0 Å². The number of rotatable bonds is 2. The van der Waals surface area contributed by atoms with E-state index in [4.69, 9.17) is 0 Å². The molecular formula is C14H22N2O. The number of aryl methyl sites for hydroxylation is 1. The molecule has 0 amide bonds. The van der Waals surface area contributed by atoms with E-state index in [9.17, 15) is 5.11 Å². The van der Waals surface area contributed by atoms with Crippen LogP contribution in [-0.4, -0.2) is 28.1 Å². The lowest BCUT2D eigenvalue weighted by Gasteiger charge is -2.21. The molecule has 94 valence electrons. The van der Waals surface area contributed by atoms with Crippen molar-refractivity contribution in [3.8, 4) is 5.75 Å². The van der Waals surface area contributed by atoms with Crippen LogP contribution >= 0.6 is 0 Å². The lowest BCUT2D eigenvalue weighted by Crippen LogP contribution is -2.24. The molecule has 1 aliphatic rings. The van der Waals surface area contributed by atoms with Gasteiger partial charge in [-0.05, 0) is 50.9 Å². The Kier molecular flexibility index (Phi) is 4.00. The van der Waals surface area contributed by atoms with Crippen LogP contribution in [0.1, 0.15) is 42.5 Å². The van der Waals surface area contributed by atoms with Crippen molar-refractivity contribution in [3.63, 3.8) is 0 Å². The normalized spacial score (nSPS) is 18.0. The molecule has 0 saturated carbocycles. The largest absolute Gasteiger partial charge is 0.506 e. The minimum atomic E-state index is 0.359. The number of likely N-dealkylation sites (tertiary alicyclic amines) is 1. The number of hydrogen-bond acceptors (Lipinski definition) is 3. The van der Waals surface area contributed by atoms with Crippen LogP contribution in [0.4, 0.5) is 0 Å². The summed E-state index contributed by atoms with van der Waals surface area (Å²) in [6.07, 6.45) is 7.21. The summed E-state index contributed by atoms with van der Waals surface area (Å²) < 4.78 is 0. The van der Waals surface area contributed by atoms with E-state index >= 15 is 0 Å². The highest BCUT2D eigenvalue weighted by Gasteiger charge is 2.13. The maximum absolute atomic E-state index is 9.89. The second-order valence-electron chi connectivity index (χ2n) is 5.03. The molecule has 2 rings (SSSR count). The Balaban J connectivity index is 2.09. The van der Waals surface area contributed by atoms with Crippen molar-refractivity contribution < 1.29 is 5.11 Å². The number of pyridine rings is 1. The summed E-state index contributed by atoms with van der Waals surface area (Å²) in [5, 5.41) is 9.89. The molecule has 1 N–H and O–H groups in total. The van der Waals surface area contributed by atoms with Crippen LogP contribution in [0.5, 0.6) is 5.75 Å². The van der Waals surface area contributed by atoms with Crippen molar-refractivity contribution in [2.45, 2.75) is 46.1 Å². The summed E-state index contributed by atoms with van der Waals surface area (Å²) in [5.41, 5.74) is 2.87. The van der Waals surface area contributed by atoms with Gasteiger partial charge in [-0.15, -0.1) is 0 Å². The molecule has 1 aliphatic heterocycles. The molecule has 0 bridgehead atoms. The molecule has 0 aliphatic carbocycles. The first-order chi connectivity index (χ1) is 8.18. The molecule has 2 heterocycles. The van der Waals surface area contributed by atoms with Crippen molar-refractivity contribution in [3.05, 3.63) is 23.0 Å². The fourth-order valence-corrected chi connectivity index (χ4v) is 2.45. The highest BCUT2D eigenvalue weighted by Crippen LogP contribution is 2.24. The average Bonchev–Trinajstić information content (AvgIpc) is 2.59. The van der Waals surface area contributed by atoms with Crippen LogP contribution in [0.3, 0.4) is 0 Å². The van der Waals surface area contributed by atoms with E-state index in [1.165, 1.54) is 38.8 Å². The van der Waals surface area contributed by atoms with Gasteiger partial charge in [0.25, 0.3) is 0 Å². The molecule has 0 aromatic carbocycles. The zero-order valence-electron chi connectivity index (χ0n) is 10.9. The van der Waals surface area contributed by atoms with Gasteiger partial charge in [0.1, 0.15) is 5.75 Å². The van der Waals surface area contributed by atoms with Crippen LogP contribution in [0.25, 0.3) is 0 Å². The SMILES string of the molecule is Cc1ncc(CN2CCCCCC2)c(C)c1O. The molecule has 1 saturated heterocycles. The van der Waals surface area contributed by atoms with Gasteiger partial charge in [0, 0.05) is 12.7 Å². The minimum absolute atomic E-state index is 0.359. The van der Waals surface area contributed by atoms with Crippen LogP contribution in [0, 0.1) is 13.8 Å². The Bertz CT molecular complexity index is 382. The summed E-state index contributed by atoms with van der Waals surface area (Å²) >= 11 is 0. The van der Waals surface area contributed by atoms with Crippen LogP contribution in [-0.2, 0) is 6.54 Å². The smallest absolute Gasteiger partial charge is 0.139 e. The lowest BCUT2D eigenvalue weighted by molar-refractivity contribution is 0.275. The van der Waals surface area contributed by atoms with Crippen molar-refractivity contribution in [1.29, 1.82) is 0 Å². The van der Waals surface area contributed by atoms with Crippen molar-refractivity contribution in [1.82, 2.24) is 9.88 Å². The summed E-state index contributed by atoms with van der Waals surface area (Å²) in [7, 11) is 0. The second kappa shape index (κ2) is 5.50. The van der Waals surface area contributed by atoms with E-state index in [1.807, 2.05) is 20.0 Å². The summed E-state index contributed by atoms with van der Waals surface area (Å²) in [6.45, 7) is 7.10. The van der Waals surface area contributed by atoms with Gasteiger partial charge in [0.2, 0.25) is 0 Å². The van der Waals surface area contributed by atoms with Crippen LogP contribution in [0.2, 0.25) is 0 Å². The molecule has 17 heavy (non-hydrogen) atoms. The molecule has 3 nitrogen and oxygen atoms in total. The minimum Gasteiger partial charge on any atom is -0.506 e. The van der Waals surface area contributed by atoms with Gasteiger partial charge < -0.3 is 5.11 Å². The summed E-state index contributed by atoms with van der Waals surface area (Å²) in [4.78, 5) is 6.73. The van der Waals surface area contributed by atoms with E-state index < -0.39 is 0 Å². The van der Waals surface area contributed by atoms with Crippen LogP contribution in [0.15, 0.2) is 6.20 Å². The van der Waals surface area contributed by atoms with Crippen molar-refractivity contribution in [2.75, 3.05) is 13.1 Å². The van der Waals surface area contributed by atoms with E-state index in [1.54, 1.807) is 0 Å². The molecule has 1 aromatic heterocycles. The summed E-state index contributed by atoms with van der Waals surface area (Å²) in [6, 6.07) is 0. The molecule has 0 atom stereocenters. The van der Waals surface area contributed by atoms with E-state index in [0.29, 0.717) is 5.75 Å². The third kappa shape index (κ3) is 2.97. The Hall–Kier alpha value is -1.09. The number of aromatic nitrogens is 1. The maximum Gasteiger partial charge on any atom is 0.139 e. The predicted octanol–water partition coefficient (Wildman–Crippen LogP) is 2.78. The Morgan fingerprint density at radius 3 is 2.47 bits per heavy atom. The number of hydrogen-bond donors (Lipinski definition) is 1. The first-order valence-corrected chi connectivity index (χ1v) is 6.55. The molecule has 1 aromatic rings. The highest BCUT2D eigenvalue weighted by atomic mass is 16.3. The monoisotopic (exact) mass is 234 g/mol. The van der Waals surface area contributed by atoms with E-state index in [0.717, 1.165) is 23.4 Å². The first-order valence-electron chi connectivity index (χ1n) is 6.55. The van der Waals surface area contributed by atoms with Gasteiger partial charge in [-0.2, -0.15) is 0 Å². The van der Waals surface area contributed by atoms with Crippen molar-refractivity contribution >= 4 is 0 Å². The van der Waals surface area contributed by atoms with Crippen LogP contribution < -0.4 is 0 Å². The Morgan fingerprint density at radius 2 is 1.82 bits per heavy atom. The molecule has 1 fully saturated rings. The lowest BCUT2D eigenvalue weighted by atomic mass is 10.1. The Morgan fingerprint density at radius 1 is 1.18 bits per heavy atom. The molecular weight excluding hydrogens is 212 g/mol. The van der Waals surface area contributed by atoms with E-state index in [-0.39, 0.29) is 0 Å². The molecule has 0 spiro atoms. The molecule has 0 unspecified atom stereocenters. The van der Waals surface area contributed by atoms with Gasteiger partial charge in [-0.1, -0.05) is 12.8 Å². The highest BCUT2D eigenvalue weighted by molar-refractivity contribution is 5.39. The quantitative estimate of drug-likeness (QED) is 0.854. The maximum atomic E-state index is 9.89. The zero-order chi connectivity index (χ0) is 12.3. The van der Waals surface area contributed by atoms with Gasteiger partial charge in [0.15, 0.2) is 0 Å². The topological polar surface area (TPSA) is 36.4 Å². The molecule has 3 heteroatoms. The second-order valence-corrected chi connectivity index (χ2v) is 5.03.